The Balaban J connectivity index is 1.62. The van der Waals surface area contributed by atoms with Gasteiger partial charge in [-0.3, -0.25) is 0 Å². The highest BCUT2D eigenvalue weighted by molar-refractivity contribution is 7.13. The SMILES string of the molecule is Cc1cc(-c2nccs2)nn1-c1nc(Nc2ccc(F)c(Cl)c2)ncc1-c1cccc(C=CC(=O)O)c1. The molecule has 0 spiro atoms. The molecule has 5 rings (SSSR count). The summed E-state index contributed by atoms with van der Waals surface area (Å²) in [6, 6.07) is 13.5. The third-order valence-electron chi connectivity index (χ3n) is 5.30. The summed E-state index contributed by atoms with van der Waals surface area (Å²) in [6.45, 7) is 1.91. The number of carboxylic acids is 1. The minimum Gasteiger partial charge on any atom is -0.478 e. The number of thiazole rings is 1. The number of halogens is 2. The number of nitrogens with zero attached hydrogens (tertiary/aromatic N) is 5. The molecule has 3 heterocycles. The average molecular weight is 533 g/mol. The zero-order valence-corrected chi connectivity index (χ0v) is 20.8. The highest BCUT2D eigenvalue weighted by atomic mass is 35.5. The summed E-state index contributed by atoms with van der Waals surface area (Å²) in [5, 5.41) is 19.4. The largest absolute Gasteiger partial charge is 0.478 e. The lowest BCUT2D eigenvalue weighted by atomic mass is 10.0. The van der Waals surface area contributed by atoms with Crippen LogP contribution in [-0.4, -0.2) is 35.8 Å². The number of rotatable bonds is 7. The summed E-state index contributed by atoms with van der Waals surface area (Å²) in [5.41, 5.74) is 4.19. The molecule has 0 fully saturated rings. The Bertz CT molecular complexity index is 1630. The van der Waals surface area contributed by atoms with Gasteiger partial charge in [0.25, 0.3) is 0 Å². The number of benzene rings is 2. The molecule has 0 atom stereocenters. The number of aryl methyl sites for hydroxylation is 1. The Morgan fingerprint density at radius 2 is 2.05 bits per heavy atom. The lowest BCUT2D eigenvalue weighted by Crippen LogP contribution is -2.08. The molecule has 0 unspecified atom stereocenters. The Morgan fingerprint density at radius 3 is 2.81 bits per heavy atom. The summed E-state index contributed by atoms with van der Waals surface area (Å²) in [5.74, 6) is -0.810. The van der Waals surface area contributed by atoms with Crippen molar-refractivity contribution in [2.24, 2.45) is 0 Å². The summed E-state index contributed by atoms with van der Waals surface area (Å²) in [7, 11) is 0. The van der Waals surface area contributed by atoms with Gasteiger partial charge in [-0.15, -0.1) is 11.3 Å². The number of hydrogen-bond acceptors (Lipinski definition) is 7. The maximum Gasteiger partial charge on any atom is 0.328 e. The van der Waals surface area contributed by atoms with E-state index in [2.05, 4.69) is 15.3 Å². The summed E-state index contributed by atoms with van der Waals surface area (Å²) < 4.78 is 15.3. The quantitative estimate of drug-likeness (QED) is 0.234. The van der Waals surface area contributed by atoms with Gasteiger partial charge >= 0.3 is 5.97 Å². The van der Waals surface area contributed by atoms with Crippen LogP contribution in [0.5, 0.6) is 0 Å². The van der Waals surface area contributed by atoms with E-state index in [1.807, 2.05) is 36.6 Å². The summed E-state index contributed by atoms with van der Waals surface area (Å²) in [6.07, 6.45) is 5.96. The van der Waals surface area contributed by atoms with Gasteiger partial charge in [0.05, 0.1) is 5.02 Å². The minimum absolute atomic E-state index is 0.0240. The normalized spacial score (nSPS) is 11.2. The van der Waals surface area contributed by atoms with Gasteiger partial charge in [0.2, 0.25) is 5.95 Å². The fourth-order valence-corrected chi connectivity index (χ4v) is 4.40. The number of nitrogens with one attached hydrogen (secondary N) is 1. The number of hydrogen-bond donors (Lipinski definition) is 2. The first-order chi connectivity index (χ1) is 17.9. The standard InChI is InChI=1S/C26H18ClFN6O2S/c1-15-11-22(25-29-9-10-37-25)33-34(15)24-19(17-4-2-3-16(12-17)5-8-23(35)36)14-30-26(32-24)31-18-6-7-21(28)20(27)13-18/h2-14H,1H3,(H,35,36)(H,30,31,32). The molecule has 0 saturated heterocycles. The van der Waals surface area contributed by atoms with Crippen molar-refractivity contribution < 1.29 is 14.3 Å². The van der Waals surface area contributed by atoms with Crippen LogP contribution < -0.4 is 5.32 Å². The number of carbonyl (C=O) groups is 1. The van der Waals surface area contributed by atoms with Crippen LogP contribution in [0, 0.1) is 12.7 Å². The van der Waals surface area contributed by atoms with Crippen molar-refractivity contribution in [3.05, 3.63) is 94.5 Å². The van der Waals surface area contributed by atoms with Crippen LogP contribution in [0.1, 0.15) is 11.3 Å². The Kier molecular flexibility index (Phi) is 6.76. The van der Waals surface area contributed by atoms with Crippen LogP contribution in [0.3, 0.4) is 0 Å². The Hall–Kier alpha value is -4.41. The zero-order valence-electron chi connectivity index (χ0n) is 19.3. The van der Waals surface area contributed by atoms with Crippen molar-refractivity contribution in [2.45, 2.75) is 6.92 Å². The first-order valence-corrected chi connectivity index (χ1v) is 12.2. The monoisotopic (exact) mass is 532 g/mol. The summed E-state index contributed by atoms with van der Waals surface area (Å²) in [4.78, 5) is 24.5. The van der Waals surface area contributed by atoms with Crippen LogP contribution in [-0.2, 0) is 4.79 Å². The second-order valence-electron chi connectivity index (χ2n) is 7.90. The van der Waals surface area contributed by atoms with Gasteiger partial charge in [-0.25, -0.2) is 23.8 Å². The fourth-order valence-electron chi connectivity index (χ4n) is 3.62. The van der Waals surface area contributed by atoms with E-state index in [1.165, 1.54) is 35.6 Å². The first-order valence-electron chi connectivity index (χ1n) is 10.9. The van der Waals surface area contributed by atoms with Gasteiger partial charge in [-0.1, -0.05) is 29.8 Å². The van der Waals surface area contributed by atoms with Crippen LogP contribution in [0.2, 0.25) is 5.02 Å². The molecule has 11 heteroatoms. The predicted molar refractivity (Wildman–Crippen MR) is 142 cm³/mol. The van der Waals surface area contributed by atoms with Crippen LogP contribution in [0.4, 0.5) is 16.0 Å². The predicted octanol–water partition coefficient (Wildman–Crippen LogP) is 6.40. The molecule has 2 N–H and O–H groups in total. The van der Waals surface area contributed by atoms with Crippen LogP contribution in [0.15, 0.2) is 72.4 Å². The maximum atomic E-state index is 13.6. The molecular formula is C26H18ClFN6O2S. The van der Waals surface area contributed by atoms with Gasteiger partial charge in [0.15, 0.2) is 5.82 Å². The van der Waals surface area contributed by atoms with Crippen LogP contribution >= 0.6 is 22.9 Å². The van der Waals surface area contributed by atoms with Crippen molar-refractivity contribution in [2.75, 3.05) is 5.32 Å². The molecule has 0 aliphatic carbocycles. The maximum absolute atomic E-state index is 13.6. The molecule has 0 saturated carbocycles. The number of anilines is 2. The summed E-state index contributed by atoms with van der Waals surface area (Å²) >= 11 is 7.41. The third kappa shape index (κ3) is 5.40. The van der Waals surface area contributed by atoms with Crippen molar-refractivity contribution in [3.8, 4) is 27.6 Å². The van der Waals surface area contributed by atoms with Gasteiger partial charge in [-0.05, 0) is 54.5 Å². The highest BCUT2D eigenvalue weighted by Crippen LogP contribution is 2.30. The van der Waals surface area contributed by atoms with E-state index in [9.17, 15) is 9.18 Å². The second-order valence-corrected chi connectivity index (χ2v) is 9.20. The van der Waals surface area contributed by atoms with E-state index in [-0.39, 0.29) is 11.0 Å². The fraction of sp³-hybridized carbons (Fsp3) is 0.0385. The molecule has 0 radical (unpaired) electrons. The third-order valence-corrected chi connectivity index (χ3v) is 6.39. The molecule has 2 aromatic carbocycles. The molecular weight excluding hydrogens is 515 g/mol. The van der Waals surface area contributed by atoms with Gasteiger partial charge in [0.1, 0.15) is 16.5 Å². The van der Waals surface area contributed by atoms with E-state index < -0.39 is 11.8 Å². The lowest BCUT2D eigenvalue weighted by Gasteiger charge is -2.13. The van der Waals surface area contributed by atoms with E-state index in [1.54, 1.807) is 23.1 Å². The average Bonchev–Trinajstić information content (AvgIpc) is 3.55. The molecule has 3 aromatic heterocycles. The van der Waals surface area contributed by atoms with Gasteiger partial charge in [0, 0.05) is 40.8 Å². The van der Waals surface area contributed by atoms with E-state index in [0.717, 1.165) is 22.3 Å². The zero-order chi connectivity index (χ0) is 25.9. The molecule has 8 nitrogen and oxygen atoms in total. The smallest absolute Gasteiger partial charge is 0.328 e. The van der Waals surface area contributed by atoms with Crippen LogP contribution in [0.25, 0.3) is 33.7 Å². The Morgan fingerprint density at radius 1 is 1.19 bits per heavy atom. The number of aliphatic carboxylic acids is 1. The van der Waals surface area contributed by atoms with Crippen molar-refractivity contribution in [3.63, 3.8) is 0 Å². The minimum atomic E-state index is -1.03. The van der Waals surface area contributed by atoms with E-state index >= 15 is 0 Å². The topological polar surface area (TPSA) is 106 Å². The molecule has 0 aliphatic heterocycles. The Labute approximate surface area is 219 Å². The van der Waals surface area contributed by atoms with Crippen molar-refractivity contribution in [1.82, 2.24) is 24.7 Å². The molecule has 184 valence electrons. The lowest BCUT2D eigenvalue weighted by molar-refractivity contribution is -0.131. The first kappa shape index (κ1) is 24.3. The van der Waals surface area contributed by atoms with E-state index in [4.69, 9.17) is 26.8 Å². The van der Waals surface area contributed by atoms with Crippen molar-refractivity contribution >= 4 is 46.6 Å². The molecule has 37 heavy (non-hydrogen) atoms. The van der Waals surface area contributed by atoms with E-state index in [0.29, 0.717) is 28.3 Å². The van der Waals surface area contributed by atoms with Crippen molar-refractivity contribution in [1.29, 1.82) is 0 Å². The second kappa shape index (κ2) is 10.3. The molecule has 0 bridgehead atoms. The number of aromatic nitrogens is 5. The molecule has 5 aromatic rings. The highest BCUT2D eigenvalue weighted by Gasteiger charge is 2.17. The number of carboxylic acid groups (broad SMARTS) is 1. The molecule has 0 aliphatic rings. The van der Waals surface area contributed by atoms with Gasteiger partial charge < -0.3 is 10.4 Å². The van der Waals surface area contributed by atoms with Gasteiger partial charge in [-0.2, -0.15) is 10.1 Å². The molecule has 0 amide bonds.